The molecule has 0 radical (unpaired) electrons. The molecule has 23 heavy (non-hydrogen) atoms. The summed E-state index contributed by atoms with van der Waals surface area (Å²) >= 11 is 0. The third-order valence-corrected chi connectivity index (χ3v) is 4.20. The maximum absolute atomic E-state index is 5.50. The molecule has 1 atom stereocenters. The smallest absolute Gasteiger partial charge is 0.145 e. The summed E-state index contributed by atoms with van der Waals surface area (Å²) < 4.78 is 5.41. The van der Waals surface area contributed by atoms with Crippen molar-refractivity contribution < 1.29 is 9.57 Å². The van der Waals surface area contributed by atoms with Gasteiger partial charge in [0.15, 0.2) is 0 Å². The minimum absolute atomic E-state index is 0.164. The lowest BCUT2D eigenvalue weighted by molar-refractivity contribution is 0.0577. The average molecular weight is 313 g/mol. The minimum Gasteiger partial charge on any atom is -0.494 e. The molecule has 0 bridgehead atoms. The molecule has 5 nitrogen and oxygen atoms in total. The summed E-state index contributed by atoms with van der Waals surface area (Å²) in [7, 11) is 3.79. The van der Waals surface area contributed by atoms with Gasteiger partial charge in [0.2, 0.25) is 0 Å². The van der Waals surface area contributed by atoms with Crippen LogP contribution in [-0.2, 0) is 11.4 Å². The third kappa shape index (κ3) is 3.45. The fraction of sp³-hybridized carbons (Fsp3) is 0.444. The highest BCUT2D eigenvalue weighted by atomic mass is 16.6. The Morgan fingerprint density at radius 3 is 2.96 bits per heavy atom. The topological polar surface area (TPSA) is 47.0 Å². The number of hydrogen-bond acceptors (Lipinski definition) is 5. The predicted octanol–water partition coefficient (Wildman–Crippen LogP) is 3.23. The van der Waals surface area contributed by atoms with Crippen LogP contribution in [0.4, 0.5) is 0 Å². The monoisotopic (exact) mass is 313 g/mol. The van der Waals surface area contributed by atoms with Gasteiger partial charge in [-0.2, -0.15) is 0 Å². The fourth-order valence-corrected chi connectivity index (χ4v) is 3.00. The maximum atomic E-state index is 5.50. The van der Waals surface area contributed by atoms with Crippen molar-refractivity contribution in [3.05, 3.63) is 36.0 Å². The highest BCUT2D eigenvalue weighted by Gasteiger charge is 2.21. The Morgan fingerprint density at radius 2 is 2.22 bits per heavy atom. The van der Waals surface area contributed by atoms with Gasteiger partial charge in [-0.05, 0) is 31.2 Å². The number of aromatic nitrogens is 1. The van der Waals surface area contributed by atoms with Gasteiger partial charge >= 0.3 is 0 Å². The second kappa shape index (κ2) is 6.96. The Balaban J connectivity index is 1.72. The van der Waals surface area contributed by atoms with Gasteiger partial charge in [-0.1, -0.05) is 24.2 Å². The van der Waals surface area contributed by atoms with Crippen molar-refractivity contribution in [3.8, 4) is 5.75 Å². The van der Waals surface area contributed by atoms with E-state index in [2.05, 4.69) is 41.1 Å². The first-order valence-corrected chi connectivity index (χ1v) is 8.02. The van der Waals surface area contributed by atoms with E-state index in [1.165, 1.54) is 5.56 Å². The van der Waals surface area contributed by atoms with Gasteiger partial charge < -0.3 is 9.57 Å². The lowest BCUT2D eigenvalue weighted by Crippen LogP contribution is -2.29. The van der Waals surface area contributed by atoms with E-state index in [1.54, 1.807) is 13.3 Å². The number of hydrogen-bond donors (Lipinski definition) is 0. The molecular weight excluding hydrogens is 290 g/mol. The molecule has 0 fully saturated rings. The first-order chi connectivity index (χ1) is 11.2. The SMILES string of the molecule is CCC1=NOC(CN(C)Cc2ccc(OC)c3ncccc23)C1. The van der Waals surface area contributed by atoms with Crippen LogP contribution in [-0.4, -0.2) is 42.4 Å². The molecule has 1 aliphatic rings. The molecule has 0 N–H and O–H groups in total. The lowest BCUT2D eigenvalue weighted by atomic mass is 10.1. The van der Waals surface area contributed by atoms with Crippen LogP contribution >= 0.6 is 0 Å². The van der Waals surface area contributed by atoms with Gasteiger partial charge in [-0.15, -0.1) is 0 Å². The van der Waals surface area contributed by atoms with E-state index in [4.69, 9.17) is 9.57 Å². The van der Waals surface area contributed by atoms with E-state index >= 15 is 0 Å². The molecule has 0 saturated heterocycles. The summed E-state index contributed by atoms with van der Waals surface area (Å²) in [5.41, 5.74) is 3.31. The Hall–Kier alpha value is -2.14. The largest absolute Gasteiger partial charge is 0.494 e. The molecule has 0 aliphatic carbocycles. The van der Waals surface area contributed by atoms with Crippen LogP contribution in [0.3, 0.4) is 0 Å². The van der Waals surface area contributed by atoms with E-state index in [9.17, 15) is 0 Å². The summed E-state index contributed by atoms with van der Waals surface area (Å²) in [6.07, 6.45) is 3.87. The molecule has 5 heteroatoms. The van der Waals surface area contributed by atoms with E-state index in [0.717, 1.165) is 48.3 Å². The molecule has 1 unspecified atom stereocenters. The number of nitrogens with zero attached hydrogens (tertiary/aromatic N) is 3. The molecule has 122 valence electrons. The quantitative estimate of drug-likeness (QED) is 0.821. The van der Waals surface area contributed by atoms with Crippen molar-refractivity contribution in [1.29, 1.82) is 0 Å². The van der Waals surface area contributed by atoms with E-state index < -0.39 is 0 Å². The predicted molar refractivity (Wildman–Crippen MR) is 91.8 cm³/mol. The van der Waals surface area contributed by atoms with Gasteiger partial charge in [0.25, 0.3) is 0 Å². The number of likely N-dealkylation sites (N-methyl/N-ethyl adjacent to an activating group) is 1. The van der Waals surface area contributed by atoms with Crippen LogP contribution in [0.2, 0.25) is 0 Å². The Bertz CT molecular complexity index is 714. The molecule has 3 rings (SSSR count). The Kier molecular flexibility index (Phi) is 4.76. The normalized spacial score (nSPS) is 17.4. The fourth-order valence-electron chi connectivity index (χ4n) is 3.00. The summed E-state index contributed by atoms with van der Waals surface area (Å²) in [5, 5.41) is 5.27. The molecule has 2 aromatic rings. The molecule has 2 heterocycles. The van der Waals surface area contributed by atoms with Gasteiger partial charge in [0.05, 0.1) is 12.8 Å². The van der Waals surface area contributed by atoms with Crippen molar-refractivity contribution in [2.24, 2.45) is 5.16 Å². The van der Waals surface area contributed by atoms with Gasteiger partial charge in [0.1, 0.15) is 17.4 Å². The summed E-state index contributed by atoms with van der Waals surface area (Å²) in [6, 6.07) is 8.16. The molecule has 0 amide bonds. The van der Waals surface area contributed by atoms with Crippen molar-refractivity contribution >= 4 is 16.6 Å². The van der Waals surface area contributed by atoms with Gasteiger partial charge in [0, 0.05) is 31.1 Å². The first-order valence-electron chi connectivity index (χ1n) is 8.02. The second-order valence-corrected chi connectivity index (χ2v) is 5.97. The van der Waals surface area contributed by atoms with Crippen molar-refractivity contribution in [2.45, 2.75) is 32.4 Å². The van der Waals surface area contributed by atoms with Crippen LogP contribution in [0.1, 0.15) is 25.3 Å². The summed E-state index contributed by atoms with van der Waals surface area (Å²) in [4.78, 5) is 12.2. The van der Waals surface area contributed by atoms with Crippen LogP contribution < -0.4 is 4.74 Å². The zero-order valence-electron chi connectivity index (χ0n) is 14.0. The zero-order valence-corrected chi connectivity index (χ0v) is 14.0. The van der Waals surface area contributed by atoms with Gasteiger partial charge in [-0.3, -0.25) is 9.88 Å². The highest BCUT2D eigenvalue weighted by molar-refractivity contribution is 5.87. The number of methoxy groups -OCH3 is 1. The number of oxime groups is 1. The molecule has 1 aromatic carbocycles. The molecule has 1 aliphatic heterocycles. The summed E-state index contributed by atoms with van der Waals surface area (Å²) in [5.74, 6) is 0.812. The van der Waals surface area contributed by atoms with Crippen LogP contribution in [0, 0.1) is 0 Å². The lowest BCUT2D eigenvalue weighted by Gasteiger charge is -2.20. The standard InChI is InChI=1S/C18H23N3O2/c1-4-14-10-15(23-20-14)12-21(2)11-13-7-8-17(22-3)18-16(13)6-5-9-19-18/h5-9,15H,4,10-12H2,1-3H3. The molecule has 0 saturated carbocycles. The van der Waals surface area contributed by atoms with E-state index in [0.29, 0.717) is 0 Å². The number of ether oxygens (including phenoxy) is 1. The van der Waals surface area contributed by atoms with Crippen LogP contribution in [0.25, 0.3) is 10.9 Å². The Labute approximate surface area is 136 Å². The molecule has 1 aromatic heterocycles. The zero-order chi connectivity index (χ0) is 16.2. The first kappa shape index (κ1) is 15.7. The van der Waals surface area contributed by atoms with Crippen molar-refractivity contribution in [2.75, 3.05) is 20.7 Å². The number of benzene rings is 1. The van der Waals surface area contributed by atoms with Crippen LogP contribution in [0.15, 0.2) is 35.6 Å². The summed E-state index contributed by atoms with van der Waals surface area (Å²) in [6.45, 7) is 3.82. The second-order valence-electron chi connectivity index (χ2n) is 5.97. The Morgan fingerprint density at radius 1 is 1.35 bits per heavy atom. The maximum Gasteiger partial charge on any atom is 0.145 e. The average Bonchev–Trinajstić information content (AvgIpc) is 3.02. The third-order valence-electron chi connectivity index (χ3n) is 4.20. The van der Waals surface area contributed by atoms with Crippen LogP contribution in [0.5, 0.6) is 5.75 Å². The molecule has 0 spiro atoms. The number of pyridine rings is 1. The van der Waals surface area contributed by atoms with E-state index in [1.807, 2.05) is 12.1 Å². The van der Waals surface area contributed by atoms with Gasteiger partial charge in [-0.25, -0.2) is 0 Å². The minimum atomic E-state index is 0.164. The number of rotatable bonds is 6. The van der Waals surface area contributed by atoms with Crippen molar-refractivity contribution in [1.82, 2.24) is 9.88 Å². The van der Waals surface area contributed by atoms with E-state index in [-0.39, 0.29) is 6.10 Å². The number of fused-ring (bicyclic) bond motifs is 1. The highest BCUT2D eigenvalue weighted by Crippen LogP contribution is 2.27. The molecular formula is C18H23N3O2. The van der Waals surface area contributed by atoms with Crippen molar-refractivity contribution in [3.63, 3.8) is 0 Å².